The van der Waals surface area contributed by atoms with Crippen molar-refractivity contribution < 1.29 is 14.5 Å². The molecule has 24 heavy (non-hydrogen) atoms. The smallest absolute Gasteiger partial charge is 0.276 e. The largest absolute Gasteiger partial charge is 0.298 e. The topological polar surface area (TPSA) is 92.6 Å². The lowest BCUT2D eigenvalue weighted by Gasteiger charge is -2.27. The van der Waals surface area contributed by atoms with Crippen molar-refractivity contribution in [1.29, 1.82) is 0 Å². The molecule has 122 valence electrons. The van der Waals surface area contributed by atoms with Gasteiger partial charge in [0.25, 0.3) is 17.5 Å². The molecule has 0 atom stereocenters. The fourth-order valence-electron chi connectivity index (χ4n) is 2.05. The molecule has 7 nitrogen and oxygen atoms in total. The Balaban J connectivity index is 2.29. The average molecular weight is 343 g/mol. The molecule has 0 aromatic heterocycles. The van der Waals surface area contributed by atoms with Crippen LogP contribution in [0, 0.1) is 10.1 Å². The Bertz CT molecular complexity index is 798. The van der Waals surface area contributed by atoms with Crippen LogP contribution in [0.25, 0.3) is 6.08 Å². The lowest BCUT2D eigenvalue weighted by atomic mass is 10.1. The van der Waals surface area contributed by atoms with Gasteiger partial charge in [-0.1, -0.05) is 24.3 Å². The normalized spacial score (nSPS) is 16.6. The number of nitrogens with zero attached hydrogens (tertiary/aromatic N) is 2. The van der Waals surface area contributed by atoms with Crippen LogP contribution in [-0.4, -0.2) is 33.3 Å². The number of allylic oxidation sites excluding steroid dienone is 2. The number of amides is 2. The molecule has 1 aliphatic rings. The molecule has 1 fully saturated rings. The van der Waals surface area contributed by atoms with Crippen molar-refractivity contribution in [3.63, 3.8) is 0 Å². The highest BCUT2D eigenvalue weighted by molar-refractivity contribution is 7.80. The van der Waals surface area contributed by atoms with E-state index in [0.717, 1.165) is 0 Å². The maximum atomic E-state index is 12.3. The first-order valence-electron chi connectivity index (χ1n) is 6.85. The predicted molar refractivity (Wildman–Crippen MR) is 92.9 cm³/mol. The number of nitro groups is 1. The van der Waals surface area contributed by atoms with Gasteiger partial charge < -0.3 is 0 Å². The zero-order valence-corrected chi connectivity index (χ0v) is 13.3. The second-order valence-corrected chi connectivity index (χ2v) is 5.11. The molecule has 0 saturated carbocycles. The number of benzene rings is 1. The third kappa shape index (κ3) is 3.61. The van der Waals surface area contributed by atoms with Gasteiger partial charge in [0.1, 0.15) is 5.57 Å². The lowest BCUT2D eigenvalue weighted by Crippen LogP contribution is -2.53. The Morgan fingerprint density at radius 3 is 2.71 bits per heavy atom. The van der Waals surface area contributed by atoms with Gasteiger partial charge in [-0.2, -0.15) is 0 Å². The zero-order valence-electron chi connectivity index (χ0n) is 12.5. The minimum atomic E-state index is -0.613. The fourth-order valence-corrected chi connectivity index (χ4v) is 2.30. The number of hydrogen-bond acceptors (Lipinski definition) is 5. The molecule has 1 heterocycles. The molecule has 0 aliphatic carbocycles. The number of carbonyl (C=O) groups is 2. The van der Waals surface area contributed by atoms with E-state index in [2.05, 4.69) is 11.9 Å². The number of nitro benzene ring substituents is 1. The summed E-state index contributed by atoms with van der Waals surface area (Å²) in [6.45, 7) is 3.70. The second kappa shape index (κ2) is 7.42. The molecule has 0 radical (unpaired) electrons. The molecule has 2 amide bonds. The van der Waals surface area contributed by atoms with Crippen molar-refractivity contribution in [1.82, 2.24) is 10.2 Å². The molecule has 2 rings (SSSR count). The van der Waals surface area contributed by atoms with Gasteiger partial charge in [-0.25, -0.2) is 0 Å². The molecule has 0 unspecified atom stereocenters. The third-order valence-corrected chi connectivity index (χ3v) is 3.49. The SMILES string of the molecule is C=CCN1C(=O)/C(=C/C=C/c2ccccc2[N+](=O)[O-])C(=O)NC1=S. The minimum absolute atomic E-state index is 0.0183. The molecule has 1 saturated heterocycles. The maximum absolute atomic E-state index is 12.3. The van der Waals surface area contributed by atoms with Crippen molar-refractivity contribution >= 4 is 40.9 Å². The van der Waals surface area contributed by atoms with E-state index >= 15 is 0 Å². The summed E-state index contributed by atoms with van der Waals surface area (Å²) in [5.41, 5.74) is 0.183. The highest BCUT2D eigenvalue weighted by atomic mass is 32.1. The van der Waals surface area contributed by atoms with E-state index < -0.39 is 16.7 Å². The number of carbonyl (C=O) groups excluding carboxylic acids is 2. The number of rotatable bonds is 5. The summed E-state index contributed by atoms with van der Waals surface area (Å²) >= 11 is 4.94. The summed E-state index contributed by atoms with van der Waals surface area (Å²) in [4.78, 5) is 35.8. The van der Waals surface area contributed by atoms with Crippen LogP contribution in [0.5, 0.6) is 0 Å². The van der Waals surface area contributed by atoms with Crippen LogP contribution in [0.2, 0.25) is 0 Å². The number of nitrogens with one attached hydrogen (secondary N) is 1. The van der Waals surface area contributed by atoms with Crippen LogP contribution in [-0.2, 0) is 9.59 Å². The molecular formula is C16H13N3O4S. The predicted octanol–water partition coefficient (Wildman–Crippen LogP) is 1.96. The highest BCUT2D eigenvalue weighted by Crippen LogP contribution is 2.19. The van der Waals surface area contributed by atoms with Crippen LogP contribution in [0.15, 0.2) is 54.6 Å². The number of thiocarbonyl (C=S) groups is 1. The number of para-hydroxylation sites is 1. The minimum Gasteiger partial charge on any atom is -0.298 e. The van der Waals surface area contributed by atoms with E-state index in [4.69, 9.17) is 12.2 Å². The van der Waals surface area contributed by atoms with Gasteiger partial charge in [0, 0.05) is 12.6 Å². The second-order valence-electron chi connectivity index (χ2n) is 4.72. The summed E-state index contributed by atoms with van der Waals surface area (Å²) in [7, 11) is 0. The standard InChI is InChI=1S/C16H13N3O4S/c1-2-10-18-15(21)12(14(20)17-16(18)24)8-5-7-11-6-3-4-9-13(11)19(22)23/h2-9H,1,10H2,(H,17,20,24)/b7-5+,12-8+. The van der Waals surface area contributed by atoms with Crippen LogP contribution in [0.3, 0.4) is 0 Å². The van der Waals surface area contributed by atoms with Crippen LogP contribution in [0.1, 0.15) is 5.56 Å². The van der Waals surface area contributed by atoms with E-state index in [1.165, 1.54) is 35.3 Å². The monoisotopic (exact) mass is 343 g/mol. The van der Waals surface area contributed by atoms with Gasteiger partial charge >= 0.3 is 0 Å². The molecule has 1 aliphatic heterocycles. The Morgan fingerprint density at radius 1 is 1.33 bits per heavy atom. The van der Waals surface area contributed by atoms with Gasteiger partial charge in [0.05, 0.1) is 10.5 Å². The van der Waals surface area contributed by atoms with Crippen LogP contribution in [0.4, 0.5) is 5.69 Å². The molecule has 0 bridgehead atoms. The molecule has 1 aromatic carbocycles. The van der Waals surface area contributed by atoms with E-state index in [1.807, 2.05) is 0 Å². The fraction of sp³-hybridized carbons (Fsp3) is 0.0625. The Morgan fingerprint density at radius 2 is 2.04 bits per heavy atom. The van der Waals surface area contributed by atoms with E-state index in [0.29, 0.717) is 5.56 Å². The first-order valence-corrected chi connectivity index (χ1v) is 7.26. The first-order chi connectivity index (χ1) is 11.5. The maximum Gasteiger partial charge on any atom is 0.276 e. The van der Waals surface area contributed by atoms with Gasteiger partial charge in [-0.05, 0) is 30.4 Å². The van der Waals surface area contributed by atoms with Crippen molar-refractivity contribution in [2.45, 2.75) is 0 Å². The van der Waals surface area contributed by atoms with Gasteiger partial charge in [0.15, 0.2) is 5.11 Å². The lowest BCUT2D eigenvalue weighted by molar-refractivity contribution is -0.385. The van der Waals surface area contributed by atoms with Gasteiger partial charge in [0.2, 0.25) is 0 Å². The van der Waals surface area contributed by atoms with Crippen molar-refractivity contribution in [2.24, 2.45) is 0 Å². The Hall–Kier alpha value is -3.13. The first kappa shape index (κ1) is 17.2. The van der Waals surface area contributed by atoms with Gasteiger partial charge in [-0.15, -0.1) is 6.58 Å². The Kier molecular flexibility index (Phi) is 5.33. The summed E-state index contributed by atoms with van der Waals surface area (Å²) in [6, 6.07) is 6.15. The molecular weight excluding hydrogens is 330 g/mol. The summed E-state index contributed by atoms with van der Waals surface area (Å²) in [5.74, 6) is -1.16. The number of hydrogen-bond donors (Lipinski definition) is 1. The van der Waals surface area contributed by atoms with Crippen molar-refractivity contribution in [3.05, 3.63) is 70.3 Å². The zero-order chi connectivity index (χ0) is 17.7. The van der Waals surface area contributed by atoms with E-state index in [1.54, 1.807) is 18.2 Å². The van der Waals surface area contributed by atoms with E-state index in [-0.39, 0.29) is 22.9 Å². The summed E-state index contributed by atoms with van der Waals surface area (Å²) in [5, 5.41) is 13.4. The van der Waals surface area contributed by atoms with Crippen molar-refractivity contribution in [3.8, 4) is 0 Å². The van der Waals surface area contributed by atoms with Gasteiger partial charge in [-0.3, -0.25) is 29.9 Å². The molecule has 1 aromatic rings. The quantitative estimate of drug-likeness (QED) is 0.220. The highest BCUT2D eigenvalue weighted by Gasteiger charge is 2.32. The average Bonchev–Trinajstić information content (AvgIpc) is 2.54. The summed E-state index contributed by atoms with van der Waals surface area (Å²) in [6.07, 6.45) is 5.65. The Labute approximate surface area is 143 Å². The molecule has 1 N–H and O–H groups in total. The van der Waals surface area contributed by atoms with Crippen molar-refractivity contribution in [2.75, 3.05) is 6.54 Å². The third-order valence-electron chi connectivity index (χ3n) is 3.17. The summed E-state index contributed by atoms with van der Waals surface area (Å²) < 4.78 is 0. The van der Waals surface area contributed by atoms with Crippen LogP contribution < -0.4 is 5.32 Å². The molecule has 8 heteroatoms. The molecule has 0 spiro atoms. The van der Waals surface area contributed by atoms with E-state index in [9.17, 15) is 19.7 Å². The van der Waals surface area contributed by atoms with Crippen LogP contribution >= 0.6 is 12.2 Å².